The zero-order chi connectivity index (χ0) is 29.4. The van der Waals surface area contributed by atoms with Crippen molar-refractivity contribution < 1.29 is 18.0 Å². The Labute approximate surface area is 250 Å². The highest BCUT2D eigenvalue weighted by Crippen LogP contribution is 2.27. The summed E-state index contributed by atoms with van der Waals surface area (Å²) in [6.45, 7) is 2.28. The van der Waals surface area contributed by atoms with E-state index >= 15 is 0 Å². The second-order valence-electron chi connectivity index (χ2n) is 9.84. The van der Waals surface area contributed by atoms with Crippen molar-refractivity contribution >= 4 is 62.1 Å². The first-order chi connectivity index (χ1) is 19.6. The number of amides is 2. The topological polar surface area (TPSA) is 111 Å². The normalized spacial score (nSPS) is 14.3. The van der Waals surface area contributed by atoms with Crippen molar-refractivity contribution in [2.24, 2.45) is 0 Å². The molecule has 3 aromatic carbocycles. The molecule has 1 atom stereocenters. The van der Waals surface area contributed by atoms with Gasteiger partial charge in [-0.1, -0.05) is 47.5 Å². The van der Waals surface area contributed by atoms with Gasteiger partial charge in [0.15, 0.2) is 0 Å². The average Bonchev–Trinajstić information content (AvgIpc) is 2.94. The lowest BCUT2D eigenvalue weighted by Gasteiger charge is -2.38. The summed E-state index contributed by atoms with van der Waals surface area (Å²) in [5.41, 5.74) is 2.98. The largest absolute Gasteiger partial charge is 0.385 e. The molecule has 41 heavy (non-hydrogen) atoms. The first kappa shape index (κ1) is 30.5. The smallest absolute Gasteiger partial charge is 0.245 e. The molecule has 0 aliphatic carbocycles. The summed E-state index contributed by atoms with van der Waals surface area (Å²) in [7, 11) is -3.44. The number of nitrogens with one attached hydrogen (secondary N) is 3. The van der Waals surface area contributed by atoms with Gasteiger partial charge in [0.25, 0.3) is 0 Å². The lowest BCUT2D eigenvalue weighted by Crippen LogP contribution is -2.55. The Hall–Kier alpha value is -3.47. The summed E-state index contributed by atoms with van der Waals surface area (Å²) in [5, 5.41) is 7.35. The number of nitrogens with zero attached hydrogens (tertiary/aromatic N) is 2. The third-order valence-electron chi connectivity index (χ3n) is 6.64. The molecule has 1 aliphatic heterocycles. The van der Waals surface area contributed by atoms with Crippen LogP contribution in [0.2, 0.25) is 10.0 Å². The minimum atomic E-state index is -3.44. The second kappa shape index (κ2) is 13.9. The molecule has 0 radical (unpaired) electrons. The number of para-hydroxylation sites is 2. The maximum Gasteiger partial charge on any atom is 0.245 e. The Morgan fingerprint density at radius 1 is 0.878 bits per heavy atom. The quantitative estimate of drug-likeness (QED) is 0.297. The fraction of sp³-hybridized carbons (Fsp3) is 0.310. The summed E-state index contributed by atoms with van der Waals surface area (Å²) in [4.78, 5) is 30.4. The molecule has 1 heterocycles. The summed E-state index contributed by atoms with van der Waals surface area (Å²) in [5.74, 6) is -0.403. The van der Waals surface area contributed by atoms with Gasteiger partial charge in [-0.3, -0.25) is 14.3 Å². The lowest BCUT2D eigenvalue weighted by atomic mass is 10.0. The number of sulfonamides is 1. The standard InChI is InChI=1S/C29H33Cl2N5O4S/c1-41(39,40)34-25-4-2-3-5-27(25)35-16-18-36(19-17-35)29(38)26(20-21-6-8-22(30)9-7-21)33-28(37)14-15-32-24-12-10-23(31)11-13-24/h2-13,26,32,34H,14-20H2,1H3,(H,33,37)/t26-/m1/s1. The van der Waals surface area contributed by atoms with Gasteiger partial charge in [-0.2, -0.15) is 0 Å². The van der Waals surface area contributed by atoms with E-state index < -0.39 is 16.1 Å². The summed E-state index contributed by atoms with van der Waals surface area (Å²) >= 11 is 12.0. The van der Waals surface area contributed by atoms with E-state index in [1.165, 1.54) is 0 Å². The highest BCUT2D eigenvalue weighted by atomic mass is 35.5. The van der Waals surface area contributed by atoms with Crippen LogP contribution in [0.5, 0.6) is 0 Å². The Kier molecular flexibility index (Phi) is 10.4. The van der Waals surface area contributed by atoms with Gasteiger partial charge in [0, 0.05) is 61.3 Å². The fourth-order valence-electron chi connectivity index (χ4n) is 4.63. The van der Waals surface area contributed by atoms with E-state index in [4.69, 9.17) is 23.2 Å². The molecule has 12 heteroatoms. The molecule has 3 aromatic rings. The van der Waals surface area contributed by atoms with Gasteiger partial charge in [-0.15, -0.1) is 0 Å². The monoisotopic (exact) mass is 617 g/mol. The minimum absolute atomic E-state index is 0.166. The number of hydrogen-bond donors (Lipinski definition) is 3. The van der Waals surface area contributed by atoms with Crippen molar-refractivity contribution in [2.45, 2.75) is 18.9 Å². The van der Waals surface area contributed by atoms with Crippen LogP contribution in [-0.4, -0.2) is 70.2 Å². The van der Waals surface area contributed by atoms with Crippen LogP contribution in [0.1, 0.15) is 12.0 Å². The number of anilines is 3. The van der Waals surface area contributed by atoms with Gasteiger partial charge in [0.2, 0.25) is 21.8 Å². The number of benzene rings is 3. The van der Waals surface area contributed by atoms with Crippen LogP contribution in [0.25, 0.3) is 0 Å². The molecule has 4 rings (SSSR count). The SMILES string of the molecule is CS(=O)(=O)Nc1ccccc1N1CCN(C(=O)[C@@H](Cc2ccc(Cl)cc2)NC(=O)CCNc2ccc(Cl)cc2)CC1. The number of carbonyl (C=O) groups excluding carboxylic acids is 2. The molecule has 1 aliphatic rings. The van der Waals surface area contributed by atoms with Crippen LogP contribution in [0.4, 0.5) is 17.1 Å². The van der Waals surface area contributed by atoms with Crippen LogP contribution < -0.4 is 20.3 Å². The van der Waals surface area contributed by atoms with E-state index in [-0.39, 0.29) is 18.2 Å². The summed E-state index contributed by atoms with van der Waals surface area (Å²) < 4.78 is 26.2. The van der Waals surface area contributed by atoms with Crippen LogP contribution in [0, 0.1) is 0 Å². The van der Waals surface area contributed by atoms with Crippen LogP contribution >= 0.6 is 23.2 Å². The van der Waals surface area contributed by atoms with Gasteiger partial charge >= 0.3 is 0 Å². The molecular formula is C29H33Cl2N5O4S. The molecule has 3 N–H and O–H groups in total. The predicted octanol–water partition coefficient (Wildman–Crippen LogP) is 4.24. The Morgan fingerprint density at radius 2 is 1.49 bits per heavy atom. The van der Waals surface area contributed by atoms with Crippen LogP contribution in [0.15, 0.2) is 72.8 Å². The maximum absolute atomic E-state index is 13.7. The van der Waals surface area contributed by atoms with Crippen molar-refractivity contribution in [3.05, 3.63) is 88.4 Å². The molecule has 9 nitrogen and oxygen atoms in total. The van der Waals surface area contributed by atoms with Crippen LogP contribution in [-0.2, 0) is 26.0 Å². The van der Waals surface area contributed by atoms with Crippen molar-refractivity contribution in [1.29, 1.82) is 0 Å². The van der Waals surface area contributed by atoms with E-state index in [0.717, 1.165) is 23.2 Å². The fourth-order valence-corrected chi connectivity index (χ4v) is 5.46. The molecule has 0 spiro atoms. The molecule has 218 valence electrons. The molecule has 2 amide bonds. The Morgan fingerprint density at radius 3 is 2.12 bits per heavy atom. The average molecular weight is 619 g/mol. The number of halogens is 2. The van der Waals surface area contributed by atoms with E-state index in [9.17, 15) is 18.0 Å². The summed E-state index contributed by atoms with van der Waals surface area (Å²) in [6.07, 6.45) is 1.63. The zero-order valence-corrected chi connectivity index (χ0v) is 25.0. The maximum atomic E-state index is 13.7. The Bertz CT molecular complexity index is 1440. The number of carbonyl (C=O) groups is 2. The van der Waals surface area contributed by atoms with Crippen molar-refractivity contribution in [3.63, 3.8) is 0 Å². The molecule has 0 bridgehead atoms. The van der Waals surface area contributed by atoms with Crippen molar-refractivity contribution in [2.75, 3.05) is 53.9 Å². The second-order valence-corrected chi connectivity index (χ2v) is 12.5. The number of piperazine rings is 1. The van der Waals surface area contributed by atoms with Gasteiger partial charge in [0.1, 0.15) is 6.04 Å². The summed E-state index contributed by atoms with van der Waals surface area (Å²) in [6, 6.07) is 20.9. The molecule has 0 saturated carbocycles. The highest BCUT2D eigenvalue weighted by molar-refractivity contribution is 7.92. The van der Waals surface area contributed by atoms with Crippen molar-refractivity contribution in [1.82, 2.24) is 10.2 Å². The van der Waals surface area contributed by atoms with Gasteiger partial charge in [-0.25, -0.2) is 8.42 Å². The van der Waals surface area contributed by atoms with Crippen molar-refractivity contribution in [3.8, 4) is 0 Å². The first-order valence-corrected chi connectivity index (χ1v) is 15.9. The third-order valence-corrected chi connectivity index (χ3v) is 7.74. The highest BCUT2D eigenvalue weighted by Gasteiger charge is 2.29. The van der Waals surface area contributed by atoms with Gasteiger partial charge in [-0.05, 0) is 54.1 Å². The zero-order valence-electron chi connectivity index (χ0n) is 22.6. The molecule has 0 aromatic heterocycles. The van der Waals surface area contributed by atoms with Gasteiger partial charge in [0.05, 0.1) is 17.6 Å². The van der Waals surface area contributed by atoms with E-state index in [0.29, 0.717) is 54.9 Å². The molecule has 1 saturated heterocycles. The van der Waals surface area contributed by atoms with Crippen LogP contribution in [0.3, 0.4) is 0 Å². The van der Waals surface area contributed by atoms with E-state index in [1.807, 2.05) is 41.3 Å². The van der Waals surface area contributed by atoms with E-state index in [2.05, 4.69) is 15.4 Å². The lowest BCUT2D eigenvalue weighted by molar-refractivity contribution is -0.136. The first-order valence-electron chi connectivity index (χ1n) is 13.2. The Balaban J connectivity index is 1.39. The predicted molar refractivity (Wildman–Crippen MR) is 165 cm³/mol. The van der Waals surface area contributed by atoms with E-state index in [1.54, 1.807) is 41.3 Å². The third kappa shape index (κ3) is 9.27. The van der Waals surface area contributed by atoms with Gasteiger partial charge < -0.3 is 20.4 Å². The number of hydrogen-bond acceptors (Lipinski definition) is 6. The molecule has 0 unspecified atom stereocenters. The minimum Gasteiger partial charge on any atom is -0.385 e. The molecule has 1 fully saturated rings. The number of rotatable bonds is 11. The molecular weight excluding hydrogens is 585 g/mol.